The fraction of sp³-hybridized carbons (Fsp3) is 0.304. The van der Waals surface area contributed by atoms with Gasteiger partial charge in [0.25, 0.3) is 5.91 Å². The zero-order valence-electron chi connectivity index (χ0n) is 17.1. The smallest absolute Gasteiger partial charge is 0.255 e. The van der Waals surface area contributed by atoms with Gasteiger partial charge in [0, 0.05) is 45.8 Å². The first kappa shape index (κ1) is 20.5. The van der Waals surface area contributed by atoms with Crippen LogP contribution in [0.5, 0.6) is 0 Å². The summed E-state index contributed by atoms with van der Waals surface area (Å²) in [5.41, 5.74) is 3.32. The topological polar surface area (TPSA) is 84.0 Å². The zero-order valence-corrected chi connectivity index (χ0v) is 18.7. The second-order valence-corrected chi connectivity index (χ2v) is 9.42. The van der Waals surface area contributed by atoms with Crippen LogP contribution in [0.1, 0.15) is 45.2 Å². The summed E-state index contributed by atoms with van der Waals surface area (Å²) in [6, 6.07) is 9.11. The largest absolute Gasteiger partial charge is 0.362 e. The van der Waals surface area contributed by atoms with Crippen molar-refractivity contribution in [2.24, 2.45) is 5.41 Å². The zero-order chi connectivity index (χ0) is 21.5. The molecule has 2 aromatic rings. The number of dihydropyridines is 1. The maximum atomic E-state index is 13.3. The highest BCUT2D eigenvalue weighted by Gasteiger charge is 2.43. The van der Waals surface area contributed by atoms with Gasteiger partial charge in [-0.2, -0.15) is 0 Å². The van der Waals surface area contributed by atoms with Crippen molar-refractivity contribution in [3.05, 3.63) is 75.4 Å². The minimum atomic E-state index is -0.513. The summed E-state index contributed by atoms with van der Waals surface area (Å²) in [5, 5.41) is 6.22. The van der Waals surface area contributed by atoms with E-state index >= 15 is 0 Å². The minimum absolute atomic E-state index is 0.0592. The number of hydrogen-bond acceptors (Lipinski definition) is 5. The normalized spacial score (nSPS) is 20.5. The number of allylic oxidation sites excluding steroid dienone is 3. The molecule has 30 heavy (non-hydrogen) atoms. The molecule has 0 bridgehead atoms. The number of halogens is 1. The number of carbonyl (C=O) groups is 2. The summed E-state index contributed by atoms with van der Waals surface area (Å²) < 4.78 is 0.826. The predicted octanol–water partition coefficient (Wildman–Crippen LogP) is 4.48. The van der Waals surface area contributed by atoms with Crippen molar-refractivity contribution in [3.63, 3.8) is 0 Å². The fourth-order valence-electron chi connectivity index (χ4n) is 4.21. The van der Waals surface area contributed by atoms with E-state index in [4.69, 9.17) is 0 Å². The molecule has 0 saturated carbocycles. The monoisotopic (exact) mass is 466 g/mol. The first-order valence-corrected chi connectivity index (χ1v) is 10.6. The number of Topliss-reactive ketones (excluding diaryl/α,β-unsaturated/α-hetero) is 1. The third kappa shape index (κ3) is 3.94. The van der Waals surface area contributed by atoms with E-state index in [1.165, 1.54) is 0 Å². The number of amides is 1. The SMILES string of the molecule is CC1=C(C(=O)Nc2ccc(Br)cn2)C(c2ccccn2)C2=C(CC(C)(C)CC2=O)N1. The van der Waals surface area contributed by atoms with Crippen LogP contribution in [0.2, 0.25) is 0 Å². The number of rotatable bonds is 3. The summed E-state index contributed by atoms with van der Waals surface area (Å²) in [4.78, 5) is 35.3. The van der Waals surface area contributed by atoms with E-state index in [-0.39, 0.29) is 17.1 Å². The van der Waals surface area contributed by atoms with Crippen molar-refractivity contribution < 1.29 is 9.59 Å². The van der Waals surface area contributed by atoms with Gasteiger partial charge in [0.15, 0.2) is 5.78 Å². The van der Waals surface area contributed by atoms with Crippen molar-refractivity contribution in [1.82, 2.24) is 15.3 Å². The molecule has 4 rings (SSSR count). The van der Waals surface area contributed by atoms with E-state index in [2.05, 4.69) is 50.4 Å². The molecule has 0 spiro atoms. The number of nitrogens with zero attached hydrogens (tertiary/aromatic N) is 2. The van der Waals surface area contributed by atoms with E-state index in [0.717, 1.165) is 22.3 Å². The van der Waals surface area contributed by atoms with Crippen LogP contribution >= 0.6 is 15.9 Å². The summed E-state index contributed by atoms with van der Waals surface area (Å²) in [6.45, 7) is 6.05. The van der Waals surface area contributed by atoms with Gasteiger partial charge in [-0.1, -0.05) is 19.9 Å². The van der Waals surface area contributed by atoms with Gasteiger partial charge in [0.05, 0.1) is 11.6 Å². The van der Waals surface area contributed by atoms with Gasteiger partial charge in [-0.25, -0.2) is 4.98 Å². The molecule has 154 valence electrons. The van der Waals surface area contributed by atoms with Crippen molar-refractivity contribution in [3.8, 4) is 0 Å². The van der Waals surface area contributed by atoms with Gasteiger partial charge in [-0.3, -0.25) is 14.6 Å². The molecular formula is C23H23BrN4O2. The Kier molecular flexibility index (Phi) is 5.32. The molecule has 7 heteroatoms. The maximum Gasteiger partial charge on any atom is 0.255 e. The van der Waals surface area contributed by atoms with Crippen molar-refractivity contribution in [2.45, 2.75) is 39.5 Å². The number of ketones is 1. The molecule has 2 N–H and O–H groups in total. The van der Waals surface area contributed by atoms with Crippen molar-refractivity contribution >= 4 is 33.4 Å². The second kappa shape index (κ2) is 7.80. The molecule has 0 radical (unpaired) electrons. The lowest BCUT2D eigenvalue weighted by Crippen LogP contribution is -2.39. The van der Waals surface area contributed by atoms with Gasteiger partial charge < -0.3 is 10.6 Å². The number of pyridine rings is 2. The van der Waals surface area contributed by atoms with Crippen molar-refractivity contribution in [2.75, 3.05) is 5.32 Å². The van der Waals surface area contributed by atoms with E-state index in [9.17, 15) is 9.59 Å². The number of nitrogens with one attached hydrogen (secondary N) is 2. The van der Waals surface area contributed by atoms with Gasteiger partial charge in [-0.05, 0) is 59.0 Å². The van der Waals surface area contributed by atoms with E-state index < -0.39 is 5.92 Å². The highest BCUT2D eigenvalue weighted by atomic mass is 79.9. The second-order valence-electron chi connectivity index (χ2n) is 8.50. The Hall–Kier alpha value is -2.80. The third-order valence-electron chi connectivity index (χ3n) is 5.44. The van der Waals surface area contributed by atoms with Crippen LogP contribution < -0.4 is 10.6 Å². The lowest BCUT2D eigenvalue weighted by molar-refractivity contribution is -0.118. The Morgan fingerprint density at radius 3 is 2.67 bits per heavy atom. The van der Waals surface area contributed by atoms with Crippen LogP contribution in [0.4, 0.5) is 5.82 Å². The lowest BCUT2D eigenvalue weighted by Gasteiger charge is -2.39. The standard InChI is InChI=1S/C23H23BrN4O2/c1-13-19(22(30)28-18-8-7-14(24)12-26-18)21(15-6-4-5-9-25-15)20-16(27-13)10-23(2,3)11-17(20)29/h4-9,12,21,27H,10-11H2,1-3H3,(H,26,28,30). The molecule has 6 nitrogen and oxygen atoms in total. The first-order chi connectivity index (χ1) is 14.2. The number of anilines is 1. The van der Waals surface area contributed by atoms with Crippen LogP contribution in [-0.4, -0.2) is 21.7 Å². The quantitative estimate of drug-likeness (QED) is 0.696. The van der Waals surface area contributed by atoms with Crippen LogP contribution in [-0.2, 0) is 9.59 Å². The van der Waals surface area contributed by atoms with Gasteiger partial charge >= 0.3 is 0 Å². The van der Waals surface area contributed by atoms with Gasteiger partial charge in [0.1, 0.15) is 5.82 Å². The Morgan fingerprint density at radius 2 is 2.00 bits per heavy atom. The molecule has 2 aliphatic rings. The maximum absolute atomic E-state index is 13.3. The van der Waals surface area contributed by atoms with E-state index in [1.54, 1.807) is 18.5 Å². The molecule has 1 unspecified atom stereocenters. The molecule has 3 heterocycles. The molecule has 1 amide bonds. The summed E-state index contributed by atoms with van der Waals surface area (Å²) >= 11 is 3.35. The fourth-order valence-corrected chi connectivity index (χ4v) is 4.45. The van der Waals surface area contributed by atoms with Crippen LogP contribution in [0.15, 0.2) is 69.7 Å². The molecule has 1 aliphatic carbocycles. The molecule has 0 fully saturated rings. The predicted molar refractivity (Wildman–Crippen MR) is 118 cm³/mol. The molecule has 0 saturated heterocycles. The molecule has 1 atom stereocenters. The third-order valence-corrected chi connectivity index (χ3v) is 5.91. The summed E-state index contributed by atoms with van der Waals surface area (Å²) in [6.07, 6.45) is 4.51. The Morgan fingerprint density at radius 1 is 1.20 bits per heavy atom. The minimum Gasteiger partial charge on any atom is -0.362 e. The highest BCUT2D eigenvalue weighted by Crippen LogP contribution is 2.46. The molecule has 2 aromatic heterocycles. The van der Waals surface area contributed by atoms with Crippen LogP contribution in [0, 0.1) is 5.41 Å². The molecule has 1 aliphatic heterocycles. The average Bonchev–Trinajstić information content (AvgIpc) is 2.68. The summed E-state index contributed by atoms with van der Waals surface area (Å²) in [5.74, 6) is -0.306. The average molecular weight is 467 g/mol. The summed E-state index contributed by atoms with van der Waals surface area (Å²) in [7, 11) is 0. The Balaban J connectivity index is 1.78. The van der Waals surface area contributed by atoms with Crippen LogP contribution in [0.3, 0.4) is 0 Å². The molecular weight excluding hydrogens is 444 g/mol. The number of hydrogen-bond donors (Lipinski definition) is 2. The molecule has 0 aromatic carbocycles. The Bertz CT molecular complexity index is 1070. The first-order valence-electron chi connectivity index (χ1n) is 9.83. The van der Waals surface area contributed by atoms with E-state index in [0.29, 0.717) is 29.1 Å². The van der Waals surface area contributed by atoms with E-state index in [1.807, 2.05) is 31.2 Å². The van der Waals surface area contributed by atoms with Gasteiger partial charge in [-0.15, -0.1) is 0 Å². The number of aromatic nitrogens is 2. The van der Waals surface area contributed by atoms with Crippen molar-refractivity contribution in [1.29, 1.82) is 0 Å². The lowest BCUT2D eigenvalue weighted by atomic mass is 9.69. The van der Waals surface area contributed by atoms with Gasteiger partial charge in [0.2, 0.25) is 0 Å². The number of carbonyl (C=O) groups excluding carboxylic acids is 2. The highest BCUT2D eigenvalue weighted by molar-refractivity contribution is 9.10. The Labute approximate surface area is 184 Å². The van der Waals surface area contributed by atoms with Crippen LogP contribution in [0.25, 0.3) is 0 Å².